The van der Waals surface area contributed by atoms with Crippen LogP contribution in [0, 0.1) is 6.92 Å². The van der Waals surface area contributed by atoms with Gasteiger partial charge < -0.3 is 10.1 Å². The van der Waals surface area contributed by atoms with E-state index in [1.807, 2.05) is 49.5 Å². The Morgan fingerprint density at radius 3 is 2.84 bits per heavy atom. The predicted molar refractivity (Wildman–Crippen MR) is 78.4 cm³/mol. The van der Waals surface area contributed by atoms with E-state index in [1.165, 1.54) is 0 Å². The summed E-state index contributed by atoms with van der Waals surface area (Å²) in [6.45, 7) is 6.86. The highest BCUT2D eigenvalue weighted by molar-refractivity contribution is 5.43. The van der Waals surface area contributed by atoms with Crippen molar-refractivity contribution in [2.24, 2.45) is 0 Å². The highest BCUT2D eigenvalue weighted by Crippen LogP contribution is 2.19. The standard InChI is InChI=1S/C16H18N2O/c1-3-10-19-16-7-5-4-6-14(16)11-18-15-9-8-13(2)17-12-15/h3-9,12,18H,1,10-11H2,2H3. The summed E-state index contributed by atoms with van der Waals surface area (Å²) in [5.41, 5.74) is 3.13. The second kappa shape index (κ2) is 6.59. The van der Waals surface area contributed by atoms with Gasteiger partial charge in [-0.05, 0) is 25.1 Å². The molecule has 1 aromatic heterocycles. The Bertz CT molecular complexity index is 535. The third kappa shape index (κ3) is 3.85. The number of anilines is 1. The molecule has 0 aliphatic heterocycles. The first-order valence-electron chi connectivity index (χ1n) is 6.27. The average Bonchev–Trinajstić information content (AvgIpc) is 2.45. The summed E-state index contributed by atoms with van der Waals surface area (Å²) in [5.74, 6) is 0.884. The van der Waals surface area contributed by atoms with Crippen LogP contribution >= 0.6 is 0 Å². The van der Waals surface area contributed by atoms with Gasteiger partial charge in [0.25, 0.3) is 0 Å². The monoisotopic (exact) mass is 254 g/mol. The largest absolute Gasteiger partial charge is 0.489 e. The van der Waals surface area contributed by atoms with Crippen molar-refractivity contribution in [1.82, 2.24) is 4.98 Å². The van der Waals surface area contributed by atoms with Gasteiger partial charge in [0.2, 0.25) is 0 Å². The molecule has 3 nitrogen and oxygen atoms in total. The molecule has 98 valence electrons. The lowest BCUT2D eigenvalue weighted by molar-refractivity contribution is 0.359. The molecule has 0 atom stereocenters. The van der Waals surface area contributed by atoms with Crippen LogP contribution in [0.3, 0.4) is 0 Å². The van der Waals surface area contributed by atoms with Gasteiger partial charge in [0.15, 0.2) is 0 Å². The number of aromatic nitrogens is 1. The van der Waals surface area contributed by atoms with E-state index in [4.69, 9.17) is 4.74 Å². The van der Waals surface area contributed by atoms with Crippen molar-refractivity contribution >= 4 is 5.69 Å². The molecule has 1 N–H and O–H groups in total. The van der Waals surface area contributed by atoms with E-state index in [-0.39, 0.29) is 0 Å². The van der Waals surface area contributed by atoms with Crippen LogP contribution in [0.25, 0.3) is 0 Å². The molecule has 2 aromatic rings. The molecule has 1 aromatic carbocycles. The third-order valence-corrected chi connectivity index (χ3v) is 2.72. The minimum absolute atomic E-state index is 0.517. The zero-order valence-corrected chi connectivity index (χ0v) is 11.1. The van der Waals surface area contributed by atoms with E-state index in [0.29, 0.717) is 13.2 Å². The van der Waals surface area contributed by atoms with Crippen LogP contribution in [0.2, 0.25) is 0 Å². The Labute approximate surface area is 114 Å². The van der Waals surface area contributed by atoms with Crippen LogP contribution in [0.15, 0.2) is 55.3 Å². The van der Waals surface area contributed by atoms with Crippen molar-refractivity contribution in [3.05, 3.63) is 66.5 Å². The maximum atomic E-state index is 5.62. The van der Waals surface area contributed by atoms with Crippen LogP contribution < -0.4 is 10.1 Å². The van der Waals surface area contributed by atoms with Gasteiger partial charge in [0.1, 0.15) is 12.4 Å². The summed E-state index contributed by atoms with van der Waals surface area (Å²) in [5, 5.41) is 3.34. The molecule has 1 heterocycles. The first kappa shape index (κ1) is 13.1. The number of hydrogen-bond acceptors (Lipinski definition) is 3. The van der Waals surface area contributed by atoms with E-state index in [9.17, 15) is 0 Å². The van der Waals surface area contributed by atoms with Gasteiger partial charge in [0, 0.05) is 17.8 Å². The summed E-state index contributed by atoms with van der Waals surface area (Å²) in [6, 6.07) is 12.0. The van der Waals surface area contributed by atoms with Gasteiger partial charge in [-0.25, -0.2) is 0 Å². The Hall–Kier alpha value is -2.29. The molecule has 19 heavy (non-hydrogen) atoms. The summed E-state index contributed by atoms with van der Waals surface area (Å²) in [6.07, 6.45) is 3.58. The maximum absolute atomic E-state index is 5.62. The van der Waals surface area contributed by atoms with Crippen LogP contribution in [0.1, 0.15) is 11.3 Å². The summed E-state index contributed by atoms with van der Waals surface area (Å²) < 4.78 is 5.62. The van der Waals surface area contributed by atoms with Gasteiger partial charge in [-0.3, -0.25) is 4.98 Å². The molecule has 0 bridgehead atoms. The first-order valence-corrected chi connectivity index (χ1v) is 6.27. The van der Waals surface area contributed by atoms with Crippen LogP contribution in [-0.2, 0) is 6.54 Å². The van der Waals surface area contributed by atoms with Crippen molar-refractivity contribution in [3.63, 3.8) is 0 Å². The molecule has 0 saturated carbocycles. The molecule has 0 spiro atoms. The topological polar surface area (TPSA) is 34.1 Å². The summed E-state index contributed by atoms with van der Waals surface area (Å²) in [4.78, 5) is 4.26. The van der Waals surface area contributed by atoms with E-state index in [1.54, 1.807) is 6.08 Å². The maximum Gasteiger partial charge on any atom is 0.124 e. The lowest BCUT2D eigenvalue weighted by Crippen LogP contribution is -2.03. The van der Waals surface area contributed by atoms with E-state index < -0.39 is 0 Å². The zero-order valence-electron chi connectivity index (χ0n) is 11.1. The van der Waals surface area contributed by atoms with Crippen LogP contribution in [0.5, 0.6) is 5.75 Å². The van der Waals surface area contributed by atoms with Crippen molar-refractivity contribution in [3.8, 4) is 5.75 Å². The number of nitrogens with zero attached hydrogens (tertiary/aromatic N) is 1. The molecular formula is C16H18N2O. The van der Waals surface area contributed by atoms with E-state index >= 15 is 0 Å². The summed E-state index contributed by atoms with van der Waals surface area (Å²) >= 11 is 0. The SMILES string of the molecule is C=CCOc1ccccc1CNc1ccc(C)nc1. The third-order valence-electron chi connectivity index (χ3n) is 2.72. The molecule has 2 rings (SSSR count). The number of para-hydroxylation sites is 1. The van der Waals surface area contributed by atoms with Gasteiger partial charge in [-0.15, -0.1) is 0 Å². The van der Waals surface area contributed by atoms with Crippen molar-refractivity contribution in [2.45, 2.75) is 13.5 Å². The van der Waals surface area contributed by atoms with Crippen molar-refractivity contribution in [1.29, 1.82) is 0 Å². The molecule has 0 amide bonds. The number of rotatable bonds is 6. The fourth-order valence-corrected chi connectivity index (χ4v) is 1.71. The minimum atomic E-state index is 0.517. The second-order valence-corrected chi connectivity index (χ2v) is 4.25. The molecule has 0 fully saturated rings. The van der Waals surface area contributed by atoms with Crippen molar-refractivity contribution < 1.29 is 4.74 Å². The number of pyridine rings is 1. The fraction of sp³-hybridized carbons (Fsp3) is 0.188. The van der Waals surface area contributed by atoms with Gasteiger partial charge in [-0.2, -0.15) is 0 Å². The van der Waals surface area contributed by atoms with Crippen molar-refractivity contribution in [2.75, 3.05) is 11.9 Å². The first-order chi connectivity index (χ1) is 9.29. The second-order valence-electron chi connectivity index (χ2n) is 4.25. The fourth-order valence-electron chi connectivity index (χ4n) is 1.71. The Kier molecular flexibility index (Phi) is 4.56. The number of nitrogens with one attached hydrogen (secondary N) is 1. The number of benzene rings is 1. The molecular weight excluding hydrogens is 236 g/mol. The molecule has 0 aliphatic carbocycles. The number of aryl methyl sites for hydroxylation is 1. The Morgan fingerprint density at radius 1 is 1.26 bits per heavy atom. The van der Waals surface area contributed by atoms with Gasteiger partial charge in [0.05, 0.1) is 11.9 Å². The lowest BCUT2D eigenvalue weighted by Gasteiger charge is -2.11. The zero-order chi connectivity index (χ0) is 13.5. The molecule has 3 heteroatoms. The highest BCUT2D eigenvalue weighted by atomic mass is 16.5. The number of ether oxygens (including phenoxy) is 1. The quantitative estimate of drug-likeness (QED) is 0.800. The molecule has 0 radical (unpaired) electrons. The highest BCUT2D eigenvalue weighted by Gasteiger charge is 2.02. The Morgan fingerprint density at radius 2 is 2.11 bits per heavy atom. The van der Waals surface area contributed by atoms with E-state index in [0.717, 1.165) is 22.7 Å². The predicted octanol–water partition coefficient (Wildman–Crippen LogP) is 3.57. The lowest BCUT2D eigenvalue weighted by atomic mass is 10.2. The smallest absolute Gasteiger partial charge is 0.124 e. The van der Waals surface area contributed by atoms with Gasteiger partial charge >= 0.3 is 0 Å². The average molecular weight is 254 g/mol. The van der Waals surface area contributed by atoms with E-state index in [2.05, 4.69) is 16.9 Å². The van der Waals surface area contributed by atoms with Crippen LogP contribution in [-0.4, -0.2) is 11.6 Å². The normalized spacial score (nSPS) is 9.95. The number of hydrogen-bond donors (Lipinski definition) is 1. The Balaban J connectivity index is 2.02. The van der Waals surface area contributed by atoms with Crippen LogP contribution in [0.4, 0.5) is 5.69 Å². The molecule has 0 saturated heterocycles. The molecule has 0 unspecified atom stereocenters. The van der Waals surface area contributed by atoms with Gasteiger partial charge in [-0.1, -0.05) is 30.9 Å². The summed E-state index contributed by atoms with van der Waals surface area (Å²) in [7, 11) is 0. The molecule has 0 aliphatic rings. The minimum Gasteiger partial charge on any atom is -0.489 e.